The molecule has 0 saturated carbocycles. The van der Waals surface area contributed by atoms with Gasteiger partial charge in [0.2, 0.25) is 5.09 Å². The Kier molecular flexibility index (Phi) is 4.03. The van der Waals surface area contributed by atoms with Gasteiger partial charge in [0.25, 0.3) is 10.0 Å². The third-order valence-electron chi connectivity index (χ3n) is 4.17. The quantitative estimate of drug-likeness (QED) is 0.919. The molecule has 108 valence electrons. The fourth-order valence-corrected chi connectivity index (χ4v) is 3.70. The standard InChI is InChI=1S/C13H21NO4S/c1-3-13(2)6-8-14(9-7-13)19(16,17)12-5-4-11(10-15)18-12/h4-5,15H,3,6-10H2,1-2H3. The first-order chi connectivity index (χ1) is 8.91. The lowest BCUT2D eigenvalue weighted by Gasteiger charge is -2.37. The van der Waals surface area contributed by atoms with E-state index in [0.717, 1.165) is 19.3 Å². The highest BCUT2D eigenvalue weighted by molar-refractivity contribution is 7.89. The predicted octanol–water partition coefficient (Wildman–Crippen LogP) is 1.97. The van der Waals surface area contributed by atoms with Gasteiger partial charge in [-0.05, 0) is 30.4 Å². The normalized spacial score (nSPS) is 20.6. The number of sulfonamides is 1. The first-order valence-corrected chi connectivity index (χ1v) is 8.05. The molecule has 0 spiro atoms. The molecule has 2 rings (SSSR count). The van der Waals surface area contributed by atoms with E-state index in [2.05, 4.69) is 13.8 Å². The molecule has 0 amide bonds. The number of aliphatic hydroxyl groups excluding tert-OH is 1. The van der Waals surface area contributed by atoms with E-state index in [9.17, 15) is 8.42 Å². The van der Waals surface area contributed by atoms with E-state index in [1.165, 1.54) is 16.4 Å². The van der Waals surface area contributed by atoms with Crippen LogP contribution in [0.4, 0.5) is 0 Å². The number of nitrogens with zero attached hydrogens (tertiary/aromatic N) is 1. The summed E-state index contributed by atoms with van der Waals surface area (Å²) in [7, 11) is -3.55. The molecule has 1 aliphatic heterocycles. The minimum atomic E-state index is -3.55. The zero-order valence-corrected chi connectivity index (χ0v) is 12.2. The first kappa shape index (κ1) is 14.6. The summed E-state index contributed by atoms with van der Waals surface area (Å²) in [6.07, 6.45) is 2.81. The van der Waals surface area contributed by atoms with Crippen LogP contribution >= 0.6 is 0 Å². The van der Waals surface area contributed by atoms with Crippen molar-refractivity contribution in [3.05, 3.63) is 17.9 Å². The van der Waals surface area contributed by atoms with Gasteiger partial charge in [0, 0.05) is 13.1 Å². The van der Waals surface area contributed by atoms with Gasteiger partial charge >= 0.3 is 0 Å². The molecule has 1 N–H and O–H groups in total. The lowest BCUT2D eigenvalue weighted by Crippen LogP contribution is -2.41. The van der Waals surface area contributed by atoms with Gasteiger partial charge in [0.15, 0.2) is 0 Å². The fraction of sp³-hybridized carbons (Fsp3) is 0.692. The summed E-state index contributed by atoms with van der Waals surface area (Å²) in [6.45, 7) is 5.12. The van der Waals surface area contributed by atoms with Gasteiger partial charge in [-0.15, -0.1) is 0 Å². The second kappa shape index (κ2) is 5.26. The topological polar surface area (TPSA) is 70.8 Å². The van der Waals surface area contributed by atoms with Crippen LogP contribution in [0.5, 0.6) is 0 Å². The van der Waals surface area contributed by atoms with Crippen molar-refractivity contribution in [2.75, 3.05) is 13.1 Å². The molecule has 5 nitrogen and oxygen atoms in total. The third kappa shape index (κ3) is 2.85. The Hall–Kier alpha value is -0.850. The molecule has 19 heavy (non-hydrogen) atoms. The summed E-state index contributed by atoms with van der Waals surface area (Å²) in [4.78, 5) is 0. The maximum atomic E-state index is 12.4. The Morgan fingerprint density at radius 3 is 2.47 bits per heavy atom. The van der Waals surface area contributed by atoms with E-state index in [0.29, 0.717) is 13.1 Å². The predicted molar refractivity (Wildman–Crippen MR) is 71.0 cm³/mol. The molecule has 0 atom stereocenters. The molecule has 1 aromatic rings. The minimum Gasteiger partial charge on any atom is -0.446 e. The molecule has 6 heteroatoms. The highest BCUT2D eigenvalue weighted by atomic mass is 32.2. The summed E-state index contributed by atoms with van der Waals surface area (Å²) in [5, 5.41) is 8.85. The Balaban J connectivity index is 2.14. The summed E-state index contributed by atoms with van der Waals surface area (Å²) >= 11 is 0. The highest BCUT2D eigenvalue weighted by Crippen LogP contribution is 2.35. The van der Waals surface area contributed by atoms with Crippen LogP contribution < -0.4 is 0 Å². The van der Waals surface area contributed by atoms with E-state index >= 15 is 0 Å². The summed E-state index contributed by atoms with van der Waals surface area (Å²) in [5.41, 5.74) is 0.242. The van der Waals surface area contributed by atoms with Crippen LogP contribution in [0.3, 0.4) is 0 Å². The average Bonchev–Trinajstić information content (AvgIpc) is 2.89. The lowest BCUT2D eigenvalue weighted by molar-refractivity contribution is 0.166. The number of aliphatic hydroxyl groups is 1. The largest absolute Gasteiger partial charge is 0.446 e. The first-order valence-electron chi connectivity index (χ1n) is 6.61. The molecular weight excluding hydrogens is 266 g/mol. The molecule has 0 radical (unpaired) electrons. The average molecular weight is 287 g/mol. The number of hydrogen-bond acceptors (Lipinski definition) is 4. The van der Waals surface area contributed by atoms with Gasteiger partial charge in [-0.1, -0.05) is 20.3 Å². The van der Waals surface area contributed by atoms with E-state index in [-0.39, 0.29) is 22.9 Å². The summed E-state index contributed by atoms with van der Waals surface area (Å²) in [5.74, 6) is 0.272. The van der Waals surface area contributed by atoms with E-state index < -0.39 is 10.0 Å². The zero-order chi connectivity index (χ0) is 14.1. The van der Waals surface area contributed by atoms with Crippen LogP contribution in [0, 0.1) is 5.41 Å². The second-order valence-electron chi connectivity index (χ2n) is 5.45. The van der Waals surface area contributed by atoms with Crippen molar-refractivity contribution in [3.63, 3.8) is 0 Å². The van der Waals surface area contributed by atoms with Crippen molar-refractivity contribution in [3.8, 4) is 0 Å². The summed E-state index contributed by atoms with van der Waals surface area (Å²) in [6, 6.07) is 2.90. The van der Waals surface area contributed by atoms with Crippen molar-refractivity contribution in [2.45, 2.75) is 44.8 Å². The molecule has 0 aliphatic carbocycles. The Morgan fingerprint density at radius 1 is 1.37 bits per heavy atom. The van der Waals surface area contributed by atoms with Crippen LogP contribution in [0.15, 0.2) is 21.6 Å². The van der Waals surface area contributed by atoms with E-state index in [4.69, 9.17) is 9.52 Å². The molecule has 1 aliphatic rings. The van der Waals surface area contributed by atoms with Crippen LogP contribution in [0.2, 0.25) is 0 Å². The van der Waals surface area contributed by atoms with Crippen molar-refractivity contribution < 1.29 is 17.9 Å². The molecule has 0 unspecified atom stereocenters. The molecule has 0 aromatic carbocycles. The number of furan rings is 1. The van der Waals surface area contributed by atoms with Crippen molar-refractivity contribution in [1.82, 2.24) is 4.31 Å². The third-order valence-corrected chi connectivity index (χ3v) is 5.94. The smallest absolute Gasteiger partial charge is 0.276 e. The van der Waals surface area contributed by atoms with Crippen molar-refractivity contribution in [1.29, 1.82) is 0 Å². The number of rotatable bonds is 4. The number of piperidine rings is 1. The van der Waals surface area contributed by atoms with Gasteiger partial charge in [-0.3, -0.25) is 0 Å². The number of hydrogen-bond donors (Lipinski definition) is 1. The SMILES string of the molecule is CCC1(C)CCN(S(=O)(=O)c2ccc(CO)o2)CC1. The zero-order valence-electron chi connectivity index (χ0n) is 11.4. The minimum absolute atomic E-state index is 0.0725. The van der Waals surface area contributed by atoms with Crippen molar-refractivity contribution >= 4 is 10.0 Å². The van der Waals surface area contributed by atoms with Crippen LogP contribution in [0.1, 0.15) is 38.9 Å². The van der Waals surface area contributed by atoms with Crippen molar-refractivity contribution in [2.24, 2.45) is 5.41 Å². The Morgan fingerprint density at radius 2 is 2.00 bits per heavy atom. The maximum Gasteiger partial charge on any atom is 0.276 e. The maximum absolute atomic E-state index is 12.4. The van der Waals surface area contributed by atoms with Crippen LogP contribution in [-0.4, -0.2) is 30.9 Å². The van der Waals surface area contributed by atoms with Gasteiger partial charge in [-0.2, -0.15) is 4.31 Å². The highest BCUT2D eigenvalue weighted by Gasteiger charge is 2.35. The monoisotopic (exact) mass is 287 g/mol. The van der Waals surface area contributed by atoms with Gasteiger partial charge in [0.05, 0.1) is 0 Å². The molecule has 1 fully saturated rings. The Bertz CT molecular complexity index is 527. The van der Waals surface area contributed by atoms with Gasteiger partial charge in [-0.25, -0.2) is 8.42 Å². The lowest BCUT2D eigenvalue weighted by atomic mass is 9.79. The van der Waals surface area contributed by atoms with E-state index in [1.54, 1.807) is 0 Å². The van der Waals surface area contributed by atoms with Gasteiger partial charge in [0.1, 0.15) is 12.4 Å². The second-order valence-corrected chi connectivity index (χ2v) is 7.32. The molecule has 2 heterocycles. The Labute approximate surface area is 114 Å². The van der Waals surface area contributed by atoms with Gasteiger partial charge < -0.3 is 9.52 Å². The molecule has 0 bridgehead atoms. The molecule has 1 aromatic heterocycles. The molecular formula is C13H21NO4S. The fourth-order valence-electron chi connectivity index (χ4n) is 2.33. The summed E-state index contributed by atoms with van der Waals surface area (Å²) < 4.78 is 31.4. The van der Waals surface area contributed by atoms with Crippen LogP contribution in [-0.2, 0) is 16.6 Å². The van der Waals surface area contributed by atoms with Crippen LogP contribution in [0.25, 0.3) is 0 Å². The van der Waals surface area contributed by atoms with E-state index in [1.807, 2.05) is 0 Å². The molecule has 1 saturated heterocycles.